The van der Waals surface area contributed by atoms with E-state index >= 15 is 0 Å². The maximum absolute atomic E-state index is 8.66. The van der Waals surface area contributed by atoms with Crippen LogP contribution < -0.4 is 4.74 Å². The summed E-state index contributed by atoms with van der Waals surface area (Å²) < 4.78 is 5.01. The summed E-state index contributed by atoms with van der Waals surface area (Å²) in [6.45, 7) is 1.94. The van der Waals surface area contributed by atoms with Crippen molar-refractivity contribution in [1.82, 2.24) is 0 Å². The van der Waals surface area contributed by atoms with Gasteiger partial charge in [0.05, 0.1) is 12.8 Å². The van der Waals surface area contributed by atoms with E-state index < -0.39 is 0 Å². The van der Waals surface area contributed by atoms with Crippen LogP contribution in [0.3, 0.4) is 0 Å². The van der Waals surface area contributed by atoms with Gasteiger partial charge in [-0.15, -0.1) is 0 Å². The molecule has 0 aliphatic heterocycles. The van der Waals surface area contributed by atoms with Crippen LogP contribution in [0.1, 0.15) is 18.9 Å². The Bertz CT molecular complexity index is 290. The fourth-order valence-electron chi connectivity index (χ4n) is 1.12. The van der Waals surface area contributed by atoms with Gasteiger partial charge in [-0.25, -0.2) is 0 Å². The Morgan fingerprint density at radius 1 is 1.38 bits per heavy atom. The standard InChI is InChI=1S/C10H13NO2/c1-3-10(11-12)8-4-6-9(13-2)7-5-8/h4-7,12H,3H2,1-2H3/b11-10+. The van der Waals surface area contributed by atoms with Crippen LogP contribution in [0.2, 0.25) is 0 Å². The van der Waals surface area contributed by atoms with Gasteiger partial charge < -0.3 is 9.94 Å². The molecule has 0 unspecified atom stereocenters. The average Bonchev–Trinajstić information content (AvgIpc) is 2.21. The third-order valence-corrected chi connectivity index (χ3v) is 1.88. The highest BCUT2D eigenvalue weighted by molar-refractivity contribution is 6.00. The molecular formula is C10H13NO2. The predicted octanol–water partition coefficient (Wildman–Crippen LogP) is 2.28. The molecule has 0 radical (unpaired) electrons. The van der Waals surface area contributed by atoms with Crippen molar-refractivity contribution in [2.24, 2.45) is 5.16 Å². The van der Waals surface area contributed by atoms with E-state index in [-0.39, 0.29) is 0 Å². The first-order valence-corrected chi connectivity index (χ1v) is 4.17. The molecule has 3 nitrogen and oxygen atoms in total. The van der Waals surface area contributed by atoms with Crippen LogP contribution in [0.25, 0.3) is 0 Å². The Morgan fingerprint density at radius 2 is 2.00 bits per heavy atom. The molecule has 0 saturated heterocycles. The van der Waals surface area contributed by atoms with E-state index in [1.807, 2.05) is 31.2 Å². The number of rotatable bonds is 3. The van der Waals surface area contributed by atoms with Crippen LogP contribution in [0.4, 0.5) is 0 Å². The number of benzene rings is 1. The van der Waals surface area contributed by atoms with Crippen molar-refractivity contribution in [2.45, 2.75) is 13.3 Å². The molecule has 0 saturated carbocycles. The molecule has 0 aliphatic carbocycles. The number of ether oxygens (including phenoxy) is 1. The third-order valence-electron chi connectivity index (χ3n) is 1.88. The zero-order valence-electron chi connectivity index (χ0n) is 7.82. The van der Waals surface area contributed by atoms with Crippen molar-refractivity contribution in [3.05, 3.63) is 29.8 Å². The molecule has 1 rings (SSSR count). The van der Waals surface area contributed by atoms with Gasteiger partial charge in [-0.2, -0.15) is 0 Å². The van der Waals surface area contributed by atoms with Gasteiger partial charge >= 0.3 is 0 Å². The second-order valence-corrected chi connectivity index (χ2v) is 2.63. The summed E-state index contributed by atoms with van der Waals surface area (Å²) >= 11 is 0. The summed E-state index contributed by atoms with van der Waals surface area (Å²) in [7, 11) is 1.62. The Balaban J connectivity index is 2.91. The van der Waals surface area contributed by atoms with Gasteiger partial charge in [-0.05, 0) is 36.2 Å². The molecule has 0 atom stereocenters. The molecule has 13 heavy (non-hydrogen) atoms. The first kappa shape index (κ1) is 9.58. The van der Waals surface area contributed by atoms with Gasteiger partial charge in [-0.1, -0.05) is 12.1 Å². The summed E-state index contributed by atoms with van der Waals surface area (Å²) in [5.74, 6) is 0.803. The minimum atomic E-state index is 0.683. The molecule has 0 fully saturated rings. The van der Waals surface area contributed by atoms with Gasteiger partial charge in [0.25, 0.3) is 0 Å². The molecule has 0 amide bonds. The normalized spacial score (nSPS) is 11.4. The number of oxime groups is 1. The molecule has 1 aromatic carbocycles. The molecule has 0 aliphatic rings. The van der Waals surface area contributed by atoms with Crippen molar-refractivity contribution in [2.75, 3.05) is 7.11 Å². The van der Waals surface area contributed by atoms with Crippen molar-refractivity contribution < 1.29 is 9.94 Å². The Kier molecular flexibility index (Phi) is 3.31. The van der Waals surface area contributed by atoms with Crippen LogP contribution >= 0.6 is 0 Å². The molecule has 0 aromatic heterocycles. The van der Waals surface area contributed by atoms with Crippen LogP contribution in [0.5, 0.6) is 5.75 Å². The summed E-state index contributed by atoms with van der Waals surface area (Å²) in [5.41, 5.74) is 1.61. The number of methoxy groups -OCH3 is 1. The SMILES string of the molecule is CC/C(=N\O)c1ccc(OC)cc1. The van der Waals surface area contributed by atoms with E-state index in [0.29, 0.717) is 12.1 Å². The second-order valence-electron chi connectivity index (χ2n) is 2.63. The Morgan fingerprint density at radius 3 is 2.38 bits per heavy atom. The Hall–Kier alpha value is -1.51. The van der Waals surface area contributed by atoms with Crippen molar-refractivity contribution in [3.8, 4) is 5.75 Å². The molecular weight excluding hydrogens is 166 g/mol. The van der Waals surface area contributed by atoms with E-state index in [4.69, 9.17) is 9.94 Å². The first-order chi connectivity index (χ1) is 6.31. The molecule has 0 heterocycles. The third kappa shape index (κ3) is 2.21. The van der Waals surface area contributed by atoms with Gasteiger partial charge in [-0.3, -0.25) is 0 Å². The molecule has 0 bridgehead atoms. The summed E-state index contributed by atoms with van der Waals surface area (Å²) in [5, 5.41) is 11.9. The number of nitrogens with zero attached hydrogens (tertiary/aromatic N) is 1. The van der Waals surface area contributed by atoms with Crippen molar-refractivity contribution in [1.29, 1.82) is 0 Å². The molecule has 70 valence electrons. The predicted molar refractivity (Wildman–Crippen MR) is 51.6 cm³/mol. The van der Waals surface area contributed by atoms with Crippen LogP contribution in [-0.4, -0.2) is 18.0 Å². The van der Waals surface area contributed by atoms with Gasteiger partial charge in [0.2, 0.25) is 0 Å². The molecule has 1 aromatic rings. The van der Waals surface area contributed by atoms with E-state index in [9.17, 15) is 0 Å². The second kappa shape index (κ2) is 4.50. The monoisotopic (exact) mass is 179 g/mol. The highest BCUT2D eigenvalue weighted by atomic mass is 16.5. The minimum absolute atomic E-state index is 0.683. The first-order valence-electron chi connectivity index (χ1n) is 4.17. The van der Waals surface area contributed by atoms with E-state index in [2.05, 4.69) is 5.16 Å². The topological polar surface area (TPSA) is 41.8 Å². The van der Waals surface area contributed by atoms with Crippen LogP contribution in [0.15, 0.2) is 29.4 Å². The lowest BCUT2D eigenvalue weighted by Gasteiger charge is -2.02. The molecule has 1 N–H and O–H groups in total. The maximum Gasteiger partial charge on any atom is 0.118 e. The van der Waals surface area contributed by atoms with Gasteiger partial charge in [0.15, 0.2) is 0 Å². The lowest BCUT2D eigenvalue weighted by Crippen LogP contribution is -1.98. The van der Waals surface area contributed by atoms with E-state index in [1.165, 1.54) is 0 Å². The highest BCUT2D eigenvalue weighted by Gasteiger charge is 2.00. The minimum Gasteiger partial charge on any atom is -0.497 e. The van der Waals surface area contributed by atoms with Gasteiger partial charge in [0.1, 0.15) is 5.75 Å². The zero-order valence-corrected chi connectivity index (χ0v) is 7.82. The smallest absolute Gasteiger partial charge is 0.118 e. The lowest BCUT2D eigenvalue weighted by molar-refractivity contribution is 0.318. The van der Waals surface area contributed by atoms with Crippen molar-refractivity contribution >= 4 is 5.71 Å². The fourth-order valence-corrected chi connectivity index (χ4v) is 1.12. The van der Waals surface area contributed by atoms with E-state index in [1.54, 1.807) is 7.11 Å². The quantitative estimate of drug-likeness (QED) is 0.439. The number of hydrogen-bond donors (Lipinski definition) is 1. The summed E-state index contributed by atoms with van der Waals surface area (Å²) in [6.07, 6.45) is 0.711. The molecule has 0 spiro atoms. The van der Waals surface area contributed by atoms with E-state index in [0.717, 1.165) is 11.3 Å². The molecule has 3 heteroatoms. The Labute approximate surface area is 77.6 Å². The average molecular weight is 179 g/mol. The summed E-state index contributed by atoms with van der Waals surface area (Å²) in [6, 6.07) is 7.43. The fraction of sp³-hybridized carbons (Fsp3) is 0.300. The maximum atomic E-state index is 8.66. The number of hydrogen-bond acceptors (Lipinski definition) is 3. The van der Waals surface area contributed by atoms with Crippen LogP contribution in [0, 0.1) is 0 Å². The van der Waals surface area contributed by atoms with Gasteiger partial charge in [0, 0.05) is 0 Å². The zero-order chi connectivity index (χ0) is 9.68. The van der Waals surface area contributed by atoms with Crippen LogP contribution in [-0.2, 0) is 0 Å². The highest BCUT2D eigenvalue weighted by Crippen LogP contribution is 2.12. The van der Waals surface area contributed by atoms with Crippen molar-refractivity contribution in [3.63, 3.8) is 0 Å². The largest absolute Gasteiger partial charge is 0.497 e. The summed E-state index contributed by atoms with van der Waals surface area (Å²) in [4.78, 5) is 0. The lowest BCUT2D eigenvalue weighted by atomic mass is 10.1.